The van der Waals surface area contributed by atoms with Crippen LogP contribution < -0.4 is 14.8 Å². The molecule has 1 amide bonds. The number of halogens is 2. The van der Waals surface area contributed by atoms with E-state index in [1.165, 1.54) is 25.1 Å². The molecule has 11 heteroatoms. The van der Waals surface area contributed by atoms with Crippen LogP contribution in [0, 0.1) is 5.92 Å². The van der Waals surface area contributed by atoms with E-state index in [9.17, 15) is 23.5 Å². The highest BCUT2D eigenvalue weighted by atomic mass is 19.3. The van der Waals surface area contributed by atoms with Gasteiger partial charge in [-0.25, -0.2) is 23.4 Å². The summed E-state index contributed by atoms with van der Waals surface area (Å²) in [5.41, 5.74) is -0.762. The third kappa shape index (κ3) is 7.06. The molecule has 34 heavy (non-hydrogen) atoms. The van der Waals surface area contributed by atoms with Crippen molar-refractivity contribution in [2.45, 2.75) is 58.6 Å². The van der Waals surface area contributed by atoms with Crippen LogP contribution in [0.3, 0.4) is 0 Å². The number of rotatable bonds is 10. The van der Waals surface area contributed by atoms with Crippen LogP contribution in [0.1, 0.15) is 62.8 Å². The van der Waals surface area contributed by atoms with E-state index in [2.05, 4.69) is 10.3 Å². The molecule has 0 saturated heterocycles. The summed E-state index contributed by atoms with van der Waals surface area (Å²) in [6.07, 6.45) is -1.34. The quantitative estimate of drug-likeness (QED) is 0.482. The van der Waals surface area contributed by atoms with Gasteiger partial charge in [-0.1, -0.05) is 0 Å². The summed E-state index contributed by atoms with van der Waals surface area (Å²) in [7, 11) is 0. The average Bonchev–Trinajstić information content (AvgIpc) is 3.44. The number of hydrogen-bond donors (Lipinski definition) is 2. The van der Waals surface area contributed by atoms with E-state index < -0.39 is 36.7 Å². The Kier molecular flexibility index (Phi) is 7.63. The summed E-state index contributed by atoms with van der Waals surface area (Å²) in [5, 5.41) is 12.1. The molecule has 1 aromatic heterocycles. The van der Waals surface area contributed by atoms with Crippen molar-refractivity contribution in [3.8, 4) is 23.0 Å². The van der Waals surface area contributed by atoms with Crippen LogP contribution in [0.15, 0.2) is 22.6 Å². The van der Waals surface area contributed by atoms with E-state index in [-0.39, 0.29) is 28.8 Å². The van der Waals surface area contributed by atoms with Gasteiger partial charge in [-0.05, 0) is 64.7 Å². The Labute approximate surface area is 195 Å². The Hall–Kier alpha value is -3.37. The van der Waals surface area contributed by atoms with Crippen molar-refractivity contribution in [1.82, 2.24) is 10.3 Å². The van der Waals surface area contributed by atoms with E-state index in [0.717, 1.165) is 12.8 Å². The Bertz CT molecular complexity index is 1030. The van der Waals surface area contributed by atoms with Crippen LogP contribution >= 0.6 is 0 Å². The molecule has 0 aliphatic heterocycles. The van der Waals surface area contributed by atoms with Crippen LogP contribution in [-0.2, 0) is 4.74 Å². The zero-order valence-electron chi connectivity index (χ0n) is 19.4. The maximum atomic E-state index is 12.6. The number of nitrogens with zero attached hydrogens (tertiary/aromatic N) is 1. The van der Waals surface area contributed by atoms with Gasteiger partial charge in [-0.15, -0.1) is 0 Å². The average molecular weight is 482 g/mol. The topological polar surface area (TPSA) is 120 Å². The first-order chi connectivity index (χ1) is 15.9. The minimum Gasteiger partial charge on any atom is -0.489 e. The fourth-order valence-corrected chi connectivity index (χ4v) is 2.97. The first kappa shape index (κ1) is 25.3. The largest absolute Gasteiger partial charge is 0.489 e. The lowest BCUT2D eigenvalue weighted by atomic mass is 10.2. The Morgan fingerprint density at radius 1 is 1.24 bits per heavy atom. The lowest BCUT2D eigenvalue weighted by Crippen LogP contribution is -2.34. The van der Waals surface area contributed by atoms with E-state index in [1.807, 2.05) is 0 Å². The molecular weight excluding hydrogens is 454 g/mol. The number of hydrogen-bond acceptors (Lipinski definition) is 7. The number of ether oxygens (including phenoxy) is 3. The number of amides is 1. The minimum atomic E-state index is -2.65. The molecular formula is C23H28F2N2O7. The second kappa shape index (κ2) is 10.3. The third-order valence-electron chi connectivity index (χ3n) is 4.71. The Morgan fingerprint density at radius 3 is 2.53 bits per heavy atom. The molecule has 1 aromatic carbocycles. The van der Waals surface area contributed by atoms with Crippen molar-refractivity contribution in [3.05, 3.63) is 29.7 Å². The first-order valence-electron chi connectivity index (χ1n) is 10.8. The number of alkyl carbamates (subject to hydrolysis) is 1. The summed E-state index contributed by atoms with van der Waals surface area (Å²) < 4.78 is 47.0. The number of carbonyl (C=O) groups excluding carboxylic acids is 1. The van der Waals surface area contributed by atoms with Crippen molar-refractivity contribution < 1.29 is 42.1 Å². The third-order valence-corrected chi connectivity index (χ3v) is 4.71. The molecule has 2 aromatic rings. The Balaban J connectivity index is 1.87. The maximum absolute atomic E-state index is 12.6. The van der Waals surface area contributed by atoms with E-state index in [4.69, 9.17) is 18.6 Å². The van der Waals surface area contributed by atoms with Gasteiger partial charge < -0.3 is 29.1 Å². The number of benzene rings is 1. The standard InChI is InChI=1S/C23H28F2N2O7/c1-12(26-22(30)34-23(2,3)4)19-18(21(28)29)27-20(33-19)14-7-8-15(32-11-17(24)25)16(9-14)31-10-13-5-6-13/h7-9,12-13,17H,5-6,10-11H2,1-4H3,(H,26,30)(H,28,29). The zero-order valence-corrected chi connectivity index (χ0v) is 19.4. The Morgan fingerprint density at radius 2 is 1.94 bits per heavy atom. The molecule has 0 radical (unpaired) electrons. The predicted octanol–water partition coefficient (Wildman–Crippen LogP) is 5.06. The SMILES string of the molecule is CC(NC(=O)OC(C)(C)C)c1oc(-c2ccc(OCC(F)F)c(OCC3CC3)c2)nc1C(=O)O. The second-order valence-corrected chi connectivity index (χ2v) is 9.02. The highest BCUT2D eigenvalue weighted by molar-refractivity contribution is 5.87. The molecule has 1 aliphatic rings. The molecule has 1 aliphatic carbocycles. The van der Waals surface area contributed by atoms with Crippen molar-refractivity contribution in [2.24, 2.45) is 5.92 Å². The summed E-state index contributed by atoms with van der Waals surface area (Å²) in [4.78, 5) is 27.9. The zero-order chi connectivity index (χ0) is 25.0. The molecule has 0 bridgehead atoms. The second-order valence-electron chi connectivity index (χ2n) is 9.02. The van der Waals surface area contributed by atoms with Crippen LogP contribution in [-0.4, -0.2) is 47.4 Å². The van der Waals surface area contributed by atoms with Gasteiger partial charge in [0.2, 0.25) is 5.89 Å². The summed E-state index contributed by atoms with van der Waals surface area (Å²) in [6.45, 7) is 6.24. The lowest BCUT2D eigenvalue weighted by molar-refractivity contribution is 0.0498. The summed E-state index contributed by atoms with van der Waals surface area (Å²) in [5.74, 6) is -0.700. The monoisotopic (exact) mass is 482 g/mol. The maximum Gasteiger partial charge on any atom is 0.408 e. The van der Waals surface area contributed by atoms with E-state index >= 15 is 0 Å². The van der Waals surface area contributed by atoms with Gasteiger partial charge in [0.25, 0.3) is 6.43 Å². The number of oxazole rings is 1. The smallest absolute Gasteiger partial charge is 0.408 e. The van der Waals surface area contributed by atoms with Crippen LogP contribution in [0.5, 0.6) is 11.5 Å². The molecule has 1 fully saturated rings. The molecule has 186 valence electrons. The number of nitrogens with one attached hydrogen (secondary N) is 1. The molecule has 0 spiro atoms. The summed E-state index contributed by atoms with van der Waals surface area (Å²) in [6, 6.07) is 3.57. The highest BCUT2D eigenvalue weighted by Gasteiger charge is 2.28. The van der Waals surface area contributed by atoms with Gasteiger partial charge in [0.1, 0.15) is 12.2 Å². The number of aromatic carboxylic acids is 1. The number of aromatic nitrogens is 1. The fourth-order valence-electron chi connectivity index (χ4n) is 2.97. The first-order valence-corrected chi connectivity index (χ1v) is 10.8. The predicted molar refractivity (Wildman–Crippen MR) is 116 cm³/mol. The highest BCUT2D eigenvalue weighted by Crippen LogP contribution is 2.36. The molecule has 1 unspecified atom stereocenters. The van der Waals surface area contributed by atoms with Crippen LogP contribution in [0.25, 0.3) is 11.5 Å². The van der Waals surface area contributed by atoms with Gasteiger partial charge in [-0.3, -0.25) is 0 Å². The van der Waals surface area contributed by atoms with Crippen molar-refractivity contribution >= 4 is 12.1 Å². The number of carboxylic acid groups (broad SMARTS) is 1. The number of carbonyl (C=O) groups is 2. The van der Waals surface area contributed by atoms with Crippen LogP contribution in [0.4, 0.5) is 13.6 Å². The van der Waals surface area contributed by atoms with Crippen molar-refractivity contribution in [1.29, 1.82) is 0 Å². The van der Waals surface area contributed by atoms with Crippen molar-refractivity contribution in [2.75, 3.05) is 13.2 Å². The van der Waals surface area contributed by atoms with Crippen LogP contribution in [0.2, 0.25) is 0 Å². The van der Waals surface area contributed by atoms with Crippen molar-refractivity contribution in [3.63, 3.8) is 0 Å². The molecule has 1 atom stereocenters. The molecule has 1 heterocycles. The summed E-state index contributed by atoms with van der Waals surface area (Å²) >= 11 is 0. The van der Waals surface area contributed by atoms with Gasteiger partial charge in [0, 0.05) is 5.56 Å². The molecule has 3 rings (SSSR count). The lowest BCUT2D eigenvalue weighted by Gasteiger charge is -2.21. The molecule has 9 nitrogen and oxygen atoms in total. The molecule has 1 saturated carbocycles. The van der Waals surface area contributed by atoms with Gasteiger partial charge >= 0.3 is 12.1 Å². The molecule has 2 N–H and O–H groups in total. The van der Waals surface area contributed by atoms with Gasteiger partial charge in [0.15, 0.2) is 23.0 Å². The fraction of sp³-hybridized carbons (Fsp3) is 0.522. The van der Waals surface area contributed by atoms with Gasteiger partial charge in [0.05, 0.1) is 12.6 Å². The van der Waals surface area contributed by atoms with E-state index in [1.54, 1.807) is 20.8 Å². The minimum absolute atomic E-state index is 0.0399. The van der Waals surface area contributed by atoms with E-state index in [0.29, 0.717) is 18.1 Å². The number of alkyl halides is 2. The van der Waals surface area contributed by atoms with Gasteiger partial charge in [-0.2, -0.15) is 0 Å². The number of carboxylic acids is 1. The normalized spacial score (nSPS) is 14.6.